The van der Waals surface area contributed by atoms with Crippen molar-refractivity contribution >= 4 is 23.2 Å². The monoisotopic (exact) mass is 513 g/mol. The van der Waals surface area contributed by atoms with Crippen LogP contribution in [0.25, 0.3) is 0 Å². The first-order chi connectivity index (χ1) is 17.4. The number of amides is 1. The Morgan fingerprint density at radius 1 is 1.19 bits per heavy atom. The van der Waals surface area contributed by atoms with Gasteiger partial charge in [-0.15, -0.1) is 0 Å². The Hall–Kier alpha value is -3.37. The first kappa shape index (κ1) is 26.7. The average molecular weight is 514 g/mol. The van der Waals surface area contributed by atoms with Crippen molar-refractivity contribution in [2.24, 2.45) is 17.6 Å². The second-order valence-electron chi connectivity index (χ2n) is 10.5. The van der Waals surface area contributed by atoms with Gasteiger partial charge in [0, 0.05) is 31.3 Å². The number of primary amides is 1. The molecule has 4 unspecified atom stereocenters. The minimum atomic E-state index is -2.59. The van der Waals surface area contributed by atoms with Crippen LogP contribution in [0.5, 0.6) is 5.75 Å². The van der Waals surface area contributed by atoms with Crippen LogP contribution in [0.1, 0.15) is 42.1 Å². The van der Waals surface area contributed by atoms with E-state index in [0.29, 0.717) is 24.3 Å². The molecule has 0 saturated heterocycles. The molecule has 200 valence electrons. The van der Waals surface area contributed by atoms with Crippen molar-refractivity contribution in [3.8, 4) is 5.75 Å². The molecule has 0 fully saturated rings. The topological polar surface area (TPSA) is 154 Å². The summed E-state index contributed by atoms with van der Waals surface area (Å²) in [6.45, 7) is 2.44. The molecule has 0 aliphatic heterocycles. The predicted octanol–water partition coefficient (Wildman–Crippen LogP) is 1.66. The number of hydrogen-bond donors (Lipinski definition) is 4. The zero-order valence-corrected chi connectivity index (χ0v) is 21.9. The molecular formula is C27H35N3O7. The average Bonchev–Trinajstić information content (AvgIpc) is 2.81. The van der Waals surface area contributed by atoms with Crippen LogP contribution in [0, 0.1) is 11.8 Å². The van der Waals surface area contributed by atoms with E-state index in [1.807, 2.05) is 32.0 Å². The molecule has 1 aromatic rings. The predicted molar refractivity (Wildman–Crippen MR) is 137 cm³/mol. The highest BCUT2D eigenvalue weighted by molar-refractivity contribution is 6.24. The third-order valence-electron chi connectivity index (χ3n) is 7.80. The molecule has 4 rings (SSSR count). The Balaban J connectivity index is 1.93. The fourth-order valence-electron chi connectivity index (χ4n) is 6.09. The van der Waals surface area contributed by atoms with Crippen LogP contribution in [0.2, 0.25) is 0 Å². The van der Waals surface area contributed by atoms with Gasteiger partial charge in [0.15, 0.2) is 11.4 Å². The molecule has 0 aromatic heterocycles. The second kappa shape index (κ2) is 9.50. The van der Waals surface area contributed by atoms with Gasteiger partial charge in [-0.25, -0.2) is 0 Å². The van der Waals surface area contributed by atoms with Crippen LogP contribution in [-0.2, 0) is 16.0 Å². The Morgan fingerprint density at radius 3 is 2.43 bits per heavy atom. The number of benzene rings is 1. The van der Waals surface area contributed by atoms with Gasteiger partial charge < -0.3 is 30.7 Å². The lowest BCUT2D eigenvalue weighted by atomic mass is 9.58. The highest BCUT2D eigenvalue weighted by Gasteiger charge is 2.63. The SMILES string of the molecule is CCCCOc1ccc(N(C)C)c2c1C(=O)C1=C(O)C3(O)C(=O)C(C(N)=O)=C(O)C(N(C)C)C3CC1C2. The summed E-state index contributed by atoms with van der Waals surface area (Å²) in [5.41, 5.74) is 3.84. The Morgan fingerprint density at radius 2 is 1.86 bits per heavy atom. The number of hydrogen-bond acceptors (Lipinski definition) is 9. The first-order valence-corrected chi connectivity index (χ1v) is 12.5. The van der Waals surface area contributed by atoms with E-state index in [1.54, 1.807) is 25.1 Å². The third-order valence-corrected chi connectivity index (χ3v) is 7.80. The van der Waals surface area contributed by atoms with Gasteiger partial charge in [0.05, 0.1) is 18.2 Å². The van der Waals surface area contributed by atoms with Gasteiger partial charge in [0.2, 0.25) is 5.78 Å². The number of allylic oxidation sites excluding steroid dienone is 1. The molecule has 10 nitrogen and oxygen atoms in total. The maximum atomic E-state index is 14.0. The number of rotatable bonds is 7. The van der Waals surface area contributed by atoms with E-state index in [0.717, 1.165) is 24.1 Å². The van der Waals surface area contributed by atoms with Crippen molar-refractivity contribution in [2.75, 3.05) is 39.7 Å². The number of nitrogens with two attached hydrogens (primary N) is 1. The molecule has 0 spiro atoms. The fraction of sp³-hybridized carbons (Fsp3) is 0.519. The molecule has 10 heteroatoms. The number of fused-ring (bicyclic) bond motifs is 3. The van der Waals surface area contributed by atoms with E-state index in [1.165, 1.54) is 0 Å². The molecule has 3 aliphatic rings. The minimum Gasteiger partial charge on any atom is -0.510 e. The normalized spacial score (nSPS) is 27.2. The summed E-state index contributed by atoms with van der Waals surface area (Å²) in [6.07, 6.45) is 2.17. The minimum absolute atomic E-state index is 0.0708. The van der Waals surface area contributed by atoms with Crippen molar-refractivity contribution in [1.82, 2.24) is 4.90 Å². The van der Waals surface area contributed by atoms with Crippen LogP contribution in [0.15, 0.2) is 34.8 Å². The van der Waals surface area contributed by atoms with Gasteiger partial charge in [-0.3, -0.25) is 19.3 Å². The maximum Gasteiger partial charge on any atom is 0.255 e. The Bertz CT molecular complexity index is 1230. The van der Waals surface area contributed by atoms with Crippen LogP contribution in [0.3, 0.4) is 0 Å². The quantitative estimate of drug-likeness (QED) is 0.315. The molecule has 4 atom stereocenters. The molecule has 1 aromatic carbocycles. The molecule has 37 heavy (non-hydrogen) atoms. The number of anilines is 1. The van der Waals surface area contributed by atoms with E-state index >= 15 is 0 Å². The zero-order chi connectivity index (χ0) is 27.4. The summed E-state index contributed by atoms with van der Waals surface area (Å²) in [7, 11) is 6.99. The number of aliphatic hydroxyl groups is 3. The molecule has 1 amide bonds. The number of Topliss-reactive ketones (excluding diaryl/α,β-unsaturated/α-hetero) is 2. The fourth-order valence-corrected chi connectivity index (χ4v) is 6.09. The van der Waals surface area contributed by atoms with E-state index < -0.39 is 58.0 Å². The third kappa shape index (κ3) is 3.90. The van der Waals surface area contributed by atoms with Gasteiger partial charge in [0.25, 0.3) is 5.91 Å². The summed E-state index contributed by atoms with van der Waals surface area (Å²) >= 11 is 0. The smallest absolute Gasteiger partial charge is 0.255 e. The summed E-state index contributed by atoms with van der Waals surface area (Å²) in [4.78, 5) is 43.0. The number of carbonyl (C=O) groups is 3. The number of nitrogens with zero attached hydrogens (tertiary/aromatic N) is 2. The number of carbonyl (C=O) groups excluding carboxylic acids is 3. The van der Waals surface area contributed by atoms with Crippen molar-refractivity contribution in [2.45, 2.75) is 44.2 Å². The molecule has 0 saturated carbocycles. The van der Waals surface area contributed by atoms with Gasteiger partial charge in [-0.1, -0.05) is 13.3 Å². The molecule has 0 bridgehead atoms. The lowest BCUT2D eigenvalue weighted by Crippen LogP contribution is -2.63. The van der Waals surface area contributed by atoms with Crippen molar-refractivity contribution < 1.29 is 34.4 Å². The number of ketones is 2. The Labute approximate surface area is 216 Å². The van der Waals surface area contributed by atoms with Crippen molar-refractivity contribution in [1.29, 1.82) is 0 Å². The molecule has 5 N–H and O–H groups in total. The highest BCUT2D eigenvalue weighted by Crippen LogP contribution is 2.53. The lowest BCUT2D eigenvalue weighted by Gasteiger charge is -2.50. The first-order valence-electron chi connectivity index (χ1n) is 12.5. The summed E-state index contributed by atoms with van der Waals surface area (Å²) in [6, 6.07) is 2.63. The Kier molecular flexibility index (Phi) is 6.85. The molecule has 0 radical (unpaired) electrons. The number of ether oxygens (including phenoxy) is 1. The molecular weight excluding hydrogens is 478 g/mol. The van der Waals surface area contributed by atoms with Crippen LogP contribution in [0.4, 0.5) is 5.69 Å². The molecule has 0 heterocycles. The van der Waals surface area contributed by atoms with Gasteiger partial charge in [-0.05, 0) is 57.0 Å². The maximum absolute atomic E-state index is 14.0. The van der Waals surface area contributed by atoms with Gasteiger partial charge in [0.1, 0.15) is 22.8 Å². The van der Waals surface area contributed by atoms with Crippen molar-refractivity contribution in [3.05, 3.63) is 45.9 Å². The largest absolute Gasteiger partial charge is 0.510 e. The highest BCUT2D eigenvalue weighted by atomic mass is 16.5. The van der Waals surface area contributed by atoms with Gasteiger partial charge in [-0.2, -0.15) is 0 Å². The van der Waals surface area contributed by atoms with E-state index in [2.05, 4.69) is 0 Å². The van der Waals surface area contributed by atoms with Crippen LogP contribution in [-0.4, -0.2) is 84.1 Å². The second-order valence-corrected chi connectivity index (χ2v) is 10.5. The standard InChI is InChI=1S/C27H35N3O7/c1-6-7-10-37-17-9-8-16(29(2)3)14-11-13-12-15-21(30(4)5)23(32)20(26(28)35)25(34)27(15,36)24(33)18(13)22(31)19(14)17/h8-9,13,15,21,32-33,36H,6-7,10-12H2,1-5H3,(H2,28,35). The van der Waals surface area contributed by atoms with E-state index in [-0.39, 0.29) is 12.0 Å². The summed E-state index contributed by atoms with van der Waals surface area (Å²) in [5.74, 6) is -5.46. The molecule has 3 aliphatic carbocycles. The summed E-state index contributed by atoms with van der Waals surface area (Å²) in [5, 5.41) is 34.1. The van der Waals surface area contributed by atoms with E-state index in [9.17, 15) is 29.7 Å². The van der Waals surface area contributed by atoms with Crippen LogP contribution < -0.4 is 15.4 Å². The van der Waals surface area contributed by atoms with Gasteiger partial charge >= 0.3 is 0 Å². The van der Waals surface area contributed by atoms with Crippen LogP contribution >= 0.6 is 0 Å². The van der Waals surface area contributed by atoms with E-state index in [4.69, 9.17) is 10.5 Å². The number of likely N-dealkylation sites (N-methyl/N-ethyl adjacent to an activating group) is 1. The zero-order valence-electron chi connectivity index (χ0n) is 21.9. The summed E-state index contributed by atoms with van der Waals surface area (Å²) < 4.78 is 5.95. The lowest BCUT2D eigenvalue weighted by molar-refractivity contribution is -0.148. The number of unbranched alkanes of at least 4 members (excludes halogenated alkanes) is 1. The number of aliphatic hydroxyl groups excluding tert-OH is 2. The van der Waals surface area contributed by atoms with Crippen molar-refractivity contribution in [3.63, 3.8) is 0 Å².